The zero-order valence-corrected chi connectivity index (χ0v) is 25.9. The number of halogens is 2. The minimum absolute atomic E-state index is 0.0682. The van der Waals surface area contributed by atoms with Crippen LogP contribution in [-0.4, -0.2) is 64.9 Å². The van der Waals surface area contributed by atoms with Gasteiger partial charge in [0.25, 0.3) is 11.8 Å². The van der Waals surface area contributed by atoms with Gasteiger partial charge in [0, 0.05) is 62.2 Å². The monoisotopic (exact) mass is 622 g/mol. The smallest absolute Gasteiger partial charge is 0.322 e. The van der Waals surface area contributed by atoms with Gasteiger partial charge in [0.15, 0.2) is 0 Å². The van der Waals surface area contributed by atoms with Crippen LogP contribution in [0.4, 0.5) is 19.3 Å². The van der Waals surface area contributed by atoms with Gasteiger partial charge in [-0.05, 0) is 69.0 Å². The first kappa shape index (κ1) is 33.3. The van der Waals surface area contributed by atoms with E-state index in [1.807, 2.05) is 32.9 Å². The fourth-order valence-corrected chi connectivity index (χ4v) is 5.28. The van der Waals surface area contributed by atoms with Gasteiger partial charge >= 0.3 is 6.03 Å². The van der Waals surface area contributed by atoms with Gasteiger partial charge in [-0.15, -0.1) is 0 Å². The Morgan fingerprint density at radius 1 is 1.04 bits per heavy atom. The number of carbonyl (C=O) groups is 3. The van der Waals surface area contributed by atoms with Crippen molar-refractivity contribution in [2.75, 3.05) is 31.5 Å². The molecule has 1 saturated heterocycles. The van der Waals surface area contributed by atoms with Gasteiger partial charge in [-0.25, -0.2) is 18.6 Å². The maximum Gasteiger partial charge on any atom is 0.322 e. The lowest BCUT2D eigenvalue weighted by molar-refractivity contribution is 0.0954. The Balaban J connectivity index is 1.34. The number of likely N-dealkylation sites (tertiary alicyclic amines) is 1. The van der Waals surface area contributed by atoms with Crippen molar-refractivity contribution in [2.24, 2.45) is 5.73 Å². The number of amides is 4. The van der Waals surface area contributed by atoms with E-state index in [1.54, 1.807) is 29.2 Å². The number of piperidine rings is 1. The third kappa shape index (κ3) is 8.75. The zero-order chi connectivity index (χ0) is 32.5. The number of aryl methyl sites for hydroxylation is 1. The molecule has 0 saturated carbocycles. The fourth-order valence-electron chi connectivity index (χ4n) is 5.28. The molecule has 0 aliphatic carbocycles. The number of unbranched alkanes of at least 4 members (excludes halogenated alkanes) is 1. The van der Waals surface area contributed by atoms with Crippen LogP contribution in [0.3, 0.4) is 0 Å². The van der Waals surface area contributed by atoms with Crippen LogP contribution in [0.1, 0.15) is 71.5 Å². The number of pyridine rings is 1. The van der Waals surface area contributed by atoms with Crippen LogP contribution in [-0.2, 0) is 6.54 Å². The van der Waals surface area contributed by atoms with E-state index < -0.39 is 29.1 Å². The lowest BCUT2D eigenvalue weighted by Crippen LogP contribution is -2.49. The van der Waals surface area contributed by atoms with Crippen molar-refractivity contribution in [1.29, 1.82) is 0 Å². The summed E-state index contributed by atoms with van der Waals surface area (Å²) >= 11 is 0. The standard InChI is InChI=1S/C33H40F2N6O4/c1-4-6-15-41(33(44)39-29-18-26(31(36)42)27(34)19-28(29)35)24-13-16-40(17-14-24)20-23-9-12-30(38-21(23)3)45-25-10-7-22(8-11-25)32(43)37-5-2/h7-12,18-19,24H,4-6,13-17,20H2,1-3H3,(H2,36,42)(H,37,43)(H,39,44). The molecule has 1 aliphatic rings. The number of primary amides is 1. The number of urea groups is 1. The first-order valence-corrected chi connectivity index (χ1v) is 15.2. The lowest BCUT2D eigenvalue weighted by atomic mass is 10.0. The number of aromatic nitrogens is 1. The van der Waals surface area contributed by atoms with Gasteiger partial charge in [-0.2, -0.15) is 0 Å². The number of carbonyl (C=O) groups excluding carboxylic acids is 3. The molecule has 10 nitrogen and oxygen atoms in total. The molecule has 2 heterocycles. The van der Waals surface area contributed by atoms with Gasteiger partial charge in [-0.1, -0.05) is 19.4 Å². The Morgan fingerprint density at radius 3 is 2.38 bits per heavy atom. The predicted octanol–water partition coefficient (Wildman–Crippen LogP) is 5.61. The Morgan fingerprint density at radius 2 is 1.76 bits per heavy atom. The summed E-state index contributed by atoms with van der Waals surface area (Å²) in [5, 5.41) is 5.28. The summed E-state index contributed by atoms with van der Waals surface area (Å²) in [6.45, 7) is 9.03. The highest BCUT2D eigenvalue weighted by Crippen LogP contribution is 2.25. The number of nitrogens with two attached hydrogens (primary N) is 1. The second-order valence-corrected chi connectivity index (χ2v) is 11.0. The number of nitrogens with one attached hydrogen (secondary N) is 2. The number of rotatable bonds is 12. The molecule has 0 atom stereocenters. The Bertz CT molecular complexity index is 1510. The highest BCUT2D eigenvalue weighted by molar-refractivity contribution is 5.96. The summed E-state index contributed by atoms with van der Waals surface area (Å²) in [5.74, 6) is -2.20. The van der Waals surface area contributed by atoms with Crippen molar-refractivity contribution in [3.63, 3.8) is 0 Å². The summed E-state index contributed by atoms with van der Waals surface area (Å²) in [6, 6.07) is 11.6. The molecule has 1 aliphatic heterocycles. The highest BCUT2D eigenvalue weighted by Gasteiger charge is 2.29. The number of ether oxygens (including phenoxy) is 1. The maximum atomic E-state index is 14.4. The highest BCUT2D eigenvalue weighted by atomic mass is 19.1. The number of hydrogen-bond donors (Lipinski definition) is 3. The predicted molar refractivity (Wildman–Crippen MR) is 167 cm³/mol. The van der Waals surface area contributed by atoms with Gasteiger partial charge in [0.2, 0.25) is 5.88 Å². The second kappa shape index (κ2) is 15.4. The molecule has 4 rings (SSSR count). The van der Waals surface area contributed by atoms with E-state index in [2.05, 4.69) is 20.5 Å². The Kier molecular flexibility index (Phi) is 11.4. The van der Waals surface area contributed by atoms with Crippen LogP contribution in [0.5, 0.6) is 11.6 Å². The SMILES string of the molecule is CCCCN(C(=O)Nc1cc(C(N)=O)c(F)cc1F)C1CCN(Cc2ccc(Oc3ccc(C(=O)NCC)cc3)nc2C)CC1. The van der Waals surface area contributed by atoms with E-state index in [-0.39, 0.29) is 17.6 Å². The minimum atomic E-state index is -1.08. The van der Waals surface area contributed by atoms with Gasteiger partial charge in [0.1, 0.15) is 17.4 Å². The van der Waals surface area contributed by atoms with Crippen LogP contribution in [0.15, 0.2) is 48.5 Å². The minimum Gasteiger partial charge on any atom is -0.439 e. The van der Waals surface area contributed by atoms with Crippen molar-refractivity contribution in [3.05, 3.63) is 82.5 Å². The molecule has 0 bridgehead atoms. The van der Waals surface area contributed by atoms with Gasteiger partial charge in [-0.3, -0.25) is 14.5 Å². The van der Waals surface area contributed by atoms with Crippen molar-refractivity contribution in [1.82, 2.24) is 20.1 Å². The quantitative estimate of drug-likeness (QED) is 0.241. The van der Waals surface area contributed by atoms with Crippen molar-refractivity contribution in [2.45, 2.75) is 59.0 Å². The average Bonchev–Trinajstić information content (AvgIpc) is 3.01. The summed E-state index contributed by atoms with van der Waals surface area (Å²) in [6.07, 6.45) is 3.07. The summed E-state index contributed by atoms with van der Waals surface area (Å²) in [7, 11) is 0. The van der Waals surface area contributed by atoms with Crippen LogP contribution < -0.4 is 21.1 Å². The molecule has 0 unspecified atom stereocenters. The van der Waals surface area contributed by atoms with E-state index in [0.29, 0.717) is 42.9 Å². The molecule has 1 fully saturated rings. The topological polar surface area (TPSA) is 130 Å². The molecule has 12 heteroatoms. The largest absolute Gasteiger partial charge is 0.439 e. The van der Waals surface area contributed by atoms with Crippen LogP contribution >= 0.6 is 0 Å². The lowest BCUT2D eigenvalue weighted by Gasteiger charge is -2.38. The van der Waals surface area contributed by atoms with Crippen LogP contribution in [0, 0.1) is 18.6 Å². The zero-order valence-electron chi connectivity index (χ0n) is 25.9. The van der Waals surface area contributed by atoms with E-state index >= 15 is 0 Å². The normalized spacial score (nSPS) is 13.7. The second-order valence-electron chi connectivity index (χ2n) is 11.0. The summed E-state index contributed by atoms with van der Waals surface area (Å²) in [4.78, 5) is 45.4. The van der Waals surface area contributed by atoms with Crippen LogP contribution in [0.2, 0.25) is 0 Å². The van der Waals surface area contributed by atoms with Crippen molar-refractivity contribution >= 4 is 23.5 Å². The molecule has 4 N–H and O–H groups in total. The number of nitrogens with zero attached hydrogens (tertiary/aromatic N) is 3. The van der Waals surface area contributed by atoms with Crippen molar-refractivity contribution in [3.8, 4) is 11.6 Å². The molecule has 0 radical (unpaired) electrons. The third-order valence-corrected chi connectivity index (χ3v) is 7.82. The first-order valence-electron chi connectivity index (χ1n) is 15.2. The molecular formula is C33H40F2N6O4. The maximum absolute atomic E-state index is 14.4. The average molecular weight is 623 g/mol. The van der Waals surface area contributed by atoms with Crippen molar-refractivity contribution < 1.29 is 27.9 Å². The molecule has 3 aromatic rings. The molecule has 240 valence electrons. The summed E-state index contributed by atoms with van der Waals surface area (Å²) in [5.41, 5.74) is 6.87. The molecule has 0 spiro atoms. The van der Waals surface area contributed by atoms with Crippen LogP contribution in [0.25, 0.3) is 0 Å². The van der Waals surface area contributed by atoms with E-state index in [1.165, 1.54) is 0 Å². The van der Waals surface area contributed by atoms with E-state index in [9.17, 15) is 23.2 Å². The third-order valence-electron chi connectivity index (χ3n) is 7.82. The number of hydrogen-bond acceptors (Lipinski definition) is 6. The molecule has 1 aromatic heterocycles. The summed E-state index contributed by atoms with van der Waals surface area (Å²) < 4.78 is 34.3. The molecule has 45 heavy (non-hydrogen) atoms. The van der Waals surface area contributed by atoms with E-state index in [4.69, 9.17) is 10.5 Å². The molecule has 4 amide bonds. The number of benzene rings is 2. The molecule has 2 aromatic carbocycles. The Hall–Kier alpha value is -4.58. The number of anilines is 1. The molecular weight excluding hydrogens is 582 g/mol. The van der Waals surface area contributed by atoms with Gasteiger partial charge in [0.05, 0.1) is 11.3 Å². The fraction of sp³-hybridized carbons (Fsp3) is 0.394. The Labute approximate surface area is 261 Å². The van der Waals surface area contributed by atoms with E-state index in [0.717, 1.165) is 56.1 Å². The van der Waals surface area contributed by atoms with Gasteiger partial charge < -0.3 is 26.0 Å². The first-order chi connectivity index (χ1) is 21.6.